The Hall–Kier alpha value is -3.23. The molecule has 1 N–H and O–H groups in total. The van der Waals surface area contributed by atoms with Crippen LogP contribution in [0, 0.1) is 5.92 Å². The topological polar surface area (TPSA) is 81.5 Å². The summed E-state index contributed by atoms with van der Waals surface area (Å²) in [5, 5.41) is 12.0. The van der Waals surface area contributed by atoms with Gasteiger partial charge in [-0.15, -0.1) is 10.2 Å². The van der Waals surface area contributed by atoms with Crippen LogP contribution in [0.5, 0.6) is 5.75 Å². The summed E-state index contributed by atoms with van der Waals surface area (Å²) in [6, 6.07) is 18.3. The van der Waals surface area contributed by atoms with Crippen LogP contribution in [0.15, 0.2) is 54.6 Å². The van der Waals surface area contributed by atoms with Gasteiger partial charge in [0.05, 0.1) is 6.04 Å². The third kappa shape index (κ3) is 6.68. The zero-order chi connectivity index (χ0) is 24.6. The molecule has 1 aliphatic heterocycles. The summed E-state index contributed by atoms with van der Waals surface area (Å²) in [4.78, 5) is 14.6. The highest BCUT2D eigenvalue weighted by Crippen LogP contribution is 2.23. The van der Waals surface area contributed by atoms with E-state index in [0.29, 0.717) is 6.61 Å². The minimum Gasteiger partial charge on any atom is -0.489 e. The Balaban J connectivity index is 1.38. The molecule has 0 spiro atoms. The number of ether oxygens (including phenoxy) is 2. The summed E-state index contributed by atoms with van der Waals surface area (Å²) < 4.78 is 13.2. The van der Waals surface area contributed by atoms with Gasteiger partial charge in [-0.3, -0.25) is 9.69 Å². The molecule has 3 aromatic rings. The first-order chi connectivity index (χ1) is 17.0. The summed E-state index contributed by atoms with van der Waals surface area (Å²) in [6.07, 6.45) is 0.814. The van der Waals surface area contributed by atoms with Crippen LogP contribution in [0.4, 0.5) is 0 Å². The molecule has 2 heterocycles. The van der Waals surface area contributed by atoms with E-state index in [0.717, 1.165) is 55.6 Å². The summed E-state index contributed by atoms with van der Waals surface area (Å²) in [5.74, 6) is 2.70. The Morgan fingerprint density at radius 2 is 1.83 bits per heavy atom. The molecule has 0 bridgehead atoms. The fraction of sp³-hybridized carbons (Fsp3) is 0.444. The highest BCUT2D eigenvalue weighted by Gasteiger charge is 2.27. The number of amides is 1. The molecule has 35 heavy (non-hydrogen) atoms. The lowest BCUT2D eigenvalue weighted by atomic mass is 10.0. The number of hydrogen-bond acceptors (Lipinski definition) is 6. The first-order valence-electron chi connectivity index (χ1n) is 12.2. The predicted molar refractivity (Wildman–Crippen MR) is 134 cm³/mol. The summed E-state index contributed by atoms with van der Waals surface area (Å²) in [6.45, 7) is 8.15. The Morgan fingerprint density at radius 1 is 1.03 bits per heavy atom. The largest absolute Gasteiger partial charge is 0.489 e. The summed E-state index contributed by atoms with van der Waals surface area (Å²) in [5.41, 5.74) is 2.38. The van der Waals surface area contributed by atoms with Crippen LogP contribution in [0.2, 0.25) is 0 Å². The van der Waals surface area contributed by atoms with E-state index >= 15 is 0 Å². The maximum atomic E-state index is 12.2. The van der Waals surface area contributed by atoms with Crippen LogP contribution in [0.25, 0.3) is 0 Å². The van der Waals surface area contributed by atoms with Crippen molar-refractivity contribution in [1.29, 1.82) is 0 Å². The van der Waals surface area contributed by atoms with Crippen LogP contribution in [0.1, 0.15) is 42.7 Å². The number of nitrogens with one attached hydrogen (secondary N) is 1. The Morgan fingerprint density at radius 3 is 2.60 bits per heavy atom. The molecule has 0 radical (unpaired) electrons. The van der Waals surface area contributed by atoms with Crippen molar-refractivity contribution in [2.45, 2.75) is 46.0 Å². The van der Waals surface area contributed by atoms with Crippen molar-refractivity contribution >= 4 is 5.91 Å². The molecule has 1 aromatic heterocycles. The van der Waals surface area contributed by atoms with E-state index in [9.17, 15) is 4.79 Å². The lowest BCUT2D eigenvalue weighted by molar-refractivity contribution is -0.125. The quantitative estimate of drug-likeness (QED) is 0.482. The maximum Gasteiger partial charge on any atom is 0.246 e. The molecule has 0 unspecified atom stereocenters. The fourth-order valence-electron chi connectivity index (χ4n) is 4.39. The van der Waals surface area contributed by atoms with Gasteiger partial charge in [0.15, 0.2) is 5.82 Å². The standard InChI is InChI=1S/C27H35N5O3/c1-20(2)26(28-25(33)19-34-3)27-30-29-24-12-13-31(14-15-32(24)27)17-22-10-7-11-23(16-22)35-18-21-8-5-4-6-9-21/h4-11,16,20,26H,12-15,17-19H2,1-3H3,(H,28,33)/t26-/m1/s1. The van der Waals surface area contributed by atoms with Gasteiger partial charge in [0, 0.05) is 39.7 Å². The lowest BCUT2D eigenvalue weighted by Gasteiger charge is -2.23. The number of fused-ring (bicyclic) bond motifs is 1. The molecule has 0 saturated heterocycles. The van der Waals surface area contributed by atoms with E-state index in [2.05, 4.69) is 69.2 Å². The second kappa shape index (κ2) is 12.0. The van der Waals surface area contributed by atoms with Gasteiger partial charge in [-0.2, -0.15) is 0 Å². The van der Waals surface area contributed by atoms with E-state index in [4.69, 9.17) is 9.47 Å². The van der Waals surface area contributed by atoms with Gasteiger partial charge in [-0.25, -0.2) is 0 Å². The van der Waals surface area contributed by atoms with Gasteiger partial charge in [0.2, 0.25) is 5.91 Å². The van der Waals surface area contributed by atoms with Crippen LogP contribution < -0.4 is 10.1 Å². The number of rotatable bonds is 10. The minimum absolute atomic E-state index is 0.0338. The molecule has 1 atom stereocenters. The first-order valence-corrected chi connectivity index (χ1v) is 12.2. The predicted octanol–water partition coefficient (Wildman–Crippen LogP) is 3.38. The monoisotopic (exact) mass is 477 g/mol. The molecule has 0 aliphatic carbocycles. The molecule has 4 rings (SSSR count). The van der Waals surface area contributed by atoms with Crippen molar-refractivity contribution in [2.75, 3.05) is 26.8 Å². The minimum atomic E-state index is -0.205. The summed E-state index contributed by atoms with van der Waals surface area (Å²) >= 11 is 0. The van der Waals surface area contributed by atoms with Crippen molar-refractivity contribution in [2.24, 2.45) is 5.92 Å². The lowest BCUT2D eigenvalue weighted by Crippen LogP contribution is -2.36. The molecule has 1 amide bonds. The number of carbonyl (C=O) groups excluding carboxylic acids is 1. The van der Waals surface area contributed by atoms with Gasteiger partial charge < -0.3 is 19.4 Å². The second-order valence-electron chi connectivity index (χ2n) is 9.30. The van der Waals surface area contributed by atoms with Gasteiger partial charge in [0.1, 0.15) is 24.8 Å². The number of hydrogen-bond donors (Lipinski definition) is 1. The van der Waals surface area contributed by atoms with Crippen LogP contribution in [-0.4, -0.2) is 52.4 Å². The Bertz CT molecular complexity index is 1100. The molecule has 186 valence electrons. The third-order valence-electron chi connectivity index (χ3n) is 6.24. The van der Waals surface area contributed by atoms with E-state index in [1.165, 1.54) is 12.7 Å². The SMILES string of the molecule is COCC(=O)N[C@@H](c1nnc2n1CCN(Cc1cccc(OCc3ccccc3)c1)CC2)C(C)C. The van der Waals surface area contributed by atoms with Gasteiger partial charge in [-0.05, 0) is 29.2 Å². The maximum absolute atomic E-state index is 12.2. The first kappa shape index (κ1) is 24.9. The third-order valence-corrected chi connectivity index (χ3v) is 6.24. The second-order valence-corrected chi connectivity index (χ2v) is 9.30. The fourth-order valence-corrected chi connectivity index (χ4v) is 4.39. The molecule has 8 nitrogen and oxygen atoms in total. The average Bonchev–Trinajstić information content (AvgIpc) is 3.15. The van der Waals surface area contributed by atoms with E-state index in [1.807, 2.05) is 24.3 Å². The molecular weight excluding hydrogens is 442 g/mol. The van der Waals surface area contributed by atoms with E-state index in [1.54, 1.807) is 0 Å². The zero-order valence-electron chi connectivity index (χ0n) is 20.8. The van der Waals surface area contributed by atoms with Crippen molar-refractivity contribution in [3.8, 4) is 5.75 Å². The van der Waals surface area contributed by atoms with Crippen LogP contribution in [-0.2, 0) is 35.6 Å². The Kier molecular flexibility index (Phi) is 8.50. The van der Waals surface area contributed by atoms with Crippen LogP contribution in [0.3, 0.4) is 0 Å². The van der Waals surface area contributed by atoms with E-state index < -0.39 is 0 Å². The number of methoxy groups -OCH3 is 1. The van der Waals surface area contributed by atoms with Crippen molar-refractivity contribution in [3.05, 3.63) is 77.4 Å². The average molecular weight is 478 g/mol. The molecule has 0 saturated carbocycles. The van der Waals surface area contributed by atoms with Gasteiger partial charge >= 0.3 is 0 Å². The number of aromatic nitrogens is 3. The van der Waals surface area contributed by atoms with Crippen molar-refractivity contribution in [3.63, 3.8) is 0 Å². The smallest absolute Gasteiger partial charge is 0.246 e. The highest BCUT2D eigenvalue weighted by atomic mass is 16.5. The summed E-state index contributed by atoms with van der Waals surface area (Å²) in [7, 11) is 1.52. The zero-order valence-corrected chi connectivity index (χ0v) is 20.8. The Labute approximate surface area is 207 Å². The van der Waals surface area contributed by atoms with E-state index in [-0.39, 0.29) is 24.5 Å². The van der Waals surface area contributed by atoms with Gasteiger partial charge in [0.25, 0.3) is 0 Å². The van der Waals surface area contributed by atoms with Crippen LogP contribution >= 0.6 is 0 Å². The number of carbonyl (C=O) groups is 1. The normalized spacial score (nSPS) is 14.9. The molecular formula is C27H35N5O3. The highest BCUT2D eigenvalue weighted by molar-refractivity contribution is 5.77. The molecule has 8 heteroatoms. The molecule has 1 aliphatic rings. The number of nitrogens with zero attached hydrogens (tertiary/aromatic N) is 4. The number of benzene rings is 2. The molecule has 2 aromatic carbocycles. The van der Waals surface area contributed by atoms with Crippen molar-refractivity contribution in [1.82, 2.24) is 25.0 Å². The molecule has 0 fully saturated rings. The van der Waals surface area contributed by atoms with Gasteiger partial charge in [-0.1, -0.05) is 56.3 Å². The van der Waals surface area contributed by atoms with Crippen molar-refractivity contribution < 1.29 is 14.3 Å².